The lowest BCUT2D eigenvalue weighted by molar-refractivity contribution is -0.122. The van der Waals surface area contributed by atoms with Crippen molar-refractivity contribution in [3.63, 3.8) is 0 Å². The van der Waals surface area contributed by atoms with Gasteiger partial charge in [0.05, 0.1) is 24.4 Å². The van der Waals surface area contributed by atoms with Gasteiger partial charge in [-0.1, -0.05) is 30.6 Å². The zero-order valence-corrected chi connectivity index (χ0v) is 17.3. The molecule has 1 heterocycles. The van der Waals surface area contributed by atoms with Gasteiger partial charge in [0.25, 0.3) is 5.91 Å². The number of hydrogen-bond donors (Lipinski definition) is 0. The van der Waals surface area contributed by atoms with Crippen molar-refractivity contribution < 1.29 is 14.3 Å². The molecule has 0 aliphatic heterocycles. The van der Waals surface area contributed by atoms with Gasteiger partial charge in [-0.15, -0.1) is 0 Å². The van der Waals surface area contributed by atoms with Crippen LogP contribution in [0.15, 0.2) is 17.1 Å². The van der Waals surface area contributed by atoms with Crippen molar-refractivity contribution in [1.29, 1.82) is 0 Å². The van der Waals surface area contributed by atoms with Crippen LogP contribution in [0.2, 0.25) is 0 Å². The van der Waals surface area contributed by atoms with Crippen LogP contribution in [-0.4, -0.2) is 36.7 Å². The maximum absolute atomic E-state index is 12.7. The van der Waals surface area contributed by atoms with Crippen LogP contribution in [0.4, 0.5) is 0 Å². The fourth-order valence-corrected chi connectivity index (χ4v) is 4.85. The van der Waals surface area contributed by atoms with Crippen molar-refractivity contribution in [2.24, 2.45) is 10.9 Å². The van der Waals surface area contributed by atoms with E-state index < -0.39 is 0 Å². The van der Waals surface area contributed by atoms with Crippen molar-refractivity contribution >= 4 is 39.2 Å². The number of thiazole rings is 1. The van der Waals surface area contributed by atoms with E-state index in [-0.39, 0.29) is 11.8 Å². The van der Waals surface area contributed by atoms with Crippen molar-refractivity contribution in [2.75, 3.05) is 26.2 Å². The second kappa shape index (κ2) is 8.95. The highest BCUT2D eigenvalue weighted by Crippen LogP contribution is 2.33. The minimum absolute atomic E-state index is 0.0353. The van der Waals surface area contributed by atoms with Crippen LogP contribution in [0, 0.1) is 5.92 Å². The first-order valence-electron chi connectivity index (χ1n) is 9.00. The zero-order chi connectivity index (χ0) is 18.5. The molecule has 1 aliphatic rings. The number of rotatable bonds is 6. The number of fused-ring (bicyclic) bond motifs is 1. The third-order valence-corrected chi connectivity index (χ3v) is 6.50. The van der Waals surface area contributed by atoms with Gasteiger partial charge >= 0.3 is 0 Å². The molecule has 1 amide bonds. The molecule has 0 spiro atoms. The summed E-state index contributed by atoms with van der Waals surface area (Å²) >= 11 is 3.33. The highest BCUT2D eigenvalue weighted by atomic mass is 32.2. The maximum atomic E-state index is 12.7. The SMILES string of the molecule is COc1cc2sc(=NC(=O)C3CCCCC3)n(CCSC)c2cc1OC. The van der Waals surface area contributed by atoms with Gasteiger partial charge < -0.3 is 14.0 Å². The molecule has 1 aromatic heterocycles. The lowest BCUT2D eigenvalue weighted by Crippen LogP contribution is -2.22. The van der Waals surface area contributed by atoms with Crippen LogP contribution in [-0.2, 0) is 11.3 Å². The van der Waals surface area contributed by atoms with Crippen LogP contribution in [0.3, 0.4) is 0 Å². The van der Waals surface area contributed by atoms with E-state index in [0.717, 1.165) is 53.0 Å². The Hall–Kier alpha value is -1.47. The quantitative estimate of drug-likeness (QED) is 0.740. The topological polar surface area (TPSA) is 52.8 Å². The first-order chi connectivity index (χ1) is 12.7. The van der Waals surface area contributed by atoms with Crippen LogP contribution in [0.1, 0.15) is 32.1 Å². The van der Waals surface area contributed by atoms with E-state index in [1.165, 1.54) is 6.42 Å². The van der Waals surface area contributed by atoms with E-state index in [4.69, 9.17) is 9.47 Å². The maximum Gasteiger partial charge on any atom is 0.251 e. The summed E-state index contributed by atoms with van der Waals surface area (Å²) in [5, 5.41) is 0. The van der Waals surface area contributed by atoms with Crippen LogP contribution >= 0.6 is 23.1 Å². The van der Waals surface area contributed by atoms with Crippen LogP contribution in [0.25, 0.3) is 10.2 Å². The molecule has 26 heavy (non-hydrogen) atoms. The molecule has 5 nitrogen and oxygen atoms in total. The summed E-state index contributed by atoms with van der Waals surface area (Å²) in [6.45, 7) is 0.813. The smallest absolute Gasteiger partial charge is 0.251 e. The molecule has 0 unspecified atom stereocenters. The summed E-state index contributed by atoms with van der Waals surface area (Å²) in [4.78, 5) is 18.0. The predicted molar refractivity (Wildman–Crippen MR) is 108 cm³/mol. The lowest BCUT2D eigenvalue weighted by Gasteiger charge is -2.17. The number of thioether (sulfide) groups is 1. The van der Waals surface area contributed by atoms with E-state index in [1.54, 1.807) is 37.3 Å². The standard InChI is InChI=1S/C19H26N2O3S2/c1-23-15-11-14-17(12-16(15)24-2)26-19(21(14)9-10-25-3)20-18(22)13-7-5-4-6-8-13/h11-13H,4-10H2,1-3H3. The number of aromatic nitrogens is 1. The van der Waals surface area contributed by atoms with Gasteiger partial charge in [-0.3, -0.25) is 4.79 Å². The number of hydrogen-bond acceptors (Lipinski definition) is 5. The number of aryl methyl sites for hydroxylation is 1. The summed E-state index contributed by atoms with van der Waals surface area (Å²) in [5.41, 5.74) is 1.04. The molecule has 3 rings (SSSR count). The fraction of sp³-hybridized carbons (Fsp3) is 0.579. The Balaban J connectivity index is 2.07. The van der Waals surface area contributed by atoms with Gasteiger partial charge in [-0.2, -0.15) is 16.8 Å². The summed E-state index contributed by atoms with van der Waals surface area (Å²) in [6, 6.07) is 3.95. The molecule has 1 aromatic carbocycles. The Morgan fingerprint density at radius 2 is 1.92 bits per heavy atom. The first-order valence-corrected chi connectivity index (χ1v) is 11.2. The molecule has 7 heteroatoms. The molecule has 0 atom stereocenters. The van der Waals surface area contributed by atoms with E-state index in [1.807, 2.05) is 12.1 Å². The molecule has 1 saturated carbocycles. The average Bonchev–Trinajstić information content (AvgIpc) is 3.01. The highest BCUT2D eigenvalue weighted by molar-refractivity contribution is 7.98. The summed E-state index contributed by atoms with van der Waals surface area (Å²) in [5.74, 6) is 2.48. The second-order valence-electron chi connectivity index (χ2n) is 6.49. The molecule has 142 valence electrons. The van der Waals surface area contributed by atoms with Crippen molar-refractivity contribution in [1.82, 2.24) is 4.57 Å². The Kier molecular flexibility index (Phi) is 6.64. The number of ether oxygens (including phenoxy) is 2. The summed E-state index contributed by atoms with van der Waals surface area (Å²) in [6.07, 6.45) is 7.54. The minimum atomic E-state index is 0.0353. The van der Waals surface area contributed by atoms with Crippen molar-refractivity contribution in [3.05, 3.63) is 16.9 Å². The van der Waals surface area contributed by atoms with Gasteiger partial charge in [0.2, 0.25) is 0 Å². The number of carbonyl (C=O) groups is 1. The molecular formula is C19H26N2O3S2. The van der Waals surface area contributed by atoms with Gasteiger partial charge in [-0.25, -0.2) is 0 Å². The second-order valence-corrected chi connectivity index (χ2v) is 8.48. The van der Waals surface area contributed by atoms with E-state index in [2.05, 4.69) is 15.8 Å². The Morgan fingerprint density at radius 3 is 2.58 bits per heavy atom. The molecule has 2 aromatic rings. The Morgan fingerprint density at radius 1 is 1.23 bits per heavy atom. The third kappa shape index (κ3) is 4.09. The summed E-state index contributed by atoms with van der Waals surface area (Å²) < 4.78 is 14.1. The Bertz CT molecular complexity index is 835. The van der Waals surface area contributed by atoms with Gasteiger partial charge in [0.1, 0.15) is 0 Å². The highest BCUT2D eigenvalue weighted by Gasteiger charge is 2.21. The Labute approximate surface area is 162 Å². The molecule has 0 radical (unpaired) electrons. The van der Waals surface area contributed by atoms with Gasteiger partial charge in [0.15, 0.2) is 16.3 Å². The monoisotopic (exact) mass is 394 g/mol. The van der Waals surface area contributed by atoms with Crippen LogP contribution in [0.5, 0.6) is 11.5 Å². The van der Waals surface area contributed by atoms with Gasteiger partial charge in [-0.05, 0) is 19.1 Å². The number of nitrogens with zero attached hydrogens (tertiary/aromatic N) is 2. The number of benzene rings is 1. The molecule has 0 saturated heterocycles. The van der Waals surface area contributed by atoms with E-state index in [0.29, 0.717) is 11.5 Å². The fourth-order valence-electron chi connectivity index (χ4n) is 3.42. The number of amides is 1. The van der Waals surface area contributed by atoms with Crippen LogP contribution < -0.4 is 14.3 Å². The third-order valence-electron chi connectivity index (χ3n) is 4.87. The number of carbonyl (C=O) groups excluding carboxylic acids is 1. The first kappa shape index (κ1) is 19.3. The lowest BCUT2D eigenvalue weighted by atomic mass is 9.89. The molecule has 0 bridgehead atoms. The van der Waals surface area contributed by atoms with Crippen molar-refractivity contribution in [2.45, 2.75) is 38.6 Å². The van der Waals surface area contributed by atoms with Gasteiger partial charge in [0, 0.05) is 30.3 Å². The minimum Gasteiger partial charge on any atom is -0.493 e. The number of methoxy groups -OCH3 is 2. The van der Waals surface area contributed by atoms with E-state index in [9.17, 15) is 4.79 Å². The summed E-state index contributed by atoms with van der Waals surface area (Å²) in [7, 11) is 3.27. The molecule has 0 N–H and O–H groups in total. The van der Waals surface area contributed by atoms with Crippen molar-refractivity contribution in [3.8, 4) is 11.5 Å². The normalized spacial score (nSPS) is 16.2. The average molecular weight is 395 g/mol. The van der Waals surface area contributed by atoms with E-state index >= 15 is 0 Å². The molecular weight excluding hydrogens is 368 g/mol. The molecule has 1 aliphatic carbocycles. The zero-order valence-electron chi connectivity index (χ0n) is 15.6. The largest absolute Gasteiger partial charge is 0.493 e. The predicted octanol–water partition coefficient (Wildman–Crippen LogP) is 4.09. The molecule has 1 fully saturated rings.